The van der Waals surface area contributed by atoms with E-state index >= 15 is 0 Å². The van der Waals surface area contributed by atoms with Crippen LogP contribution in [0, 0.1) is 0 Å². The quantitative estimate of drug-likeness (QED) is 0.514. The SMILES string of the molecule is Oc1ccc(CCc2nnc3sc(Nc4cccc(C(F)(F)F)c4)nn23)cc1. The fourth-order valence-electron chi connectivity index (χ4n) is 2.68. The summed E-state index contributed by atoms with van der Waals surface area (Å²) in [4.78, 5) is 0.551. The van der Waals surface area contributed by atoms with Crippen LogP contribution in [0.2, 0.25) is 0 Å². The van der Waals surface area contributed by atoms with E-state index < -0.39 is 11.7 Å². The Bertz CT molecular complexity index is 1100. The number of aromatic hydroxyl groups is 1. The summed E-state index contributed by atoms with van der Waals surface area (Å²) in [5, 5.41) is 25.2. The fourth-order valence-corrected chi connectivity index (χ4v) is 3.46. The van der Waals surface area contributed by atoms with Gasteiger partial charge < -0.3 is 10.4 Å². The summed E-state index contributed by atoms with van der Waals surface area (Å²) in [5.74, 6) is 0.856. The van der Waals surface area contributed by atoms with Crippen molar-refractivity contribution >= 4 is 27.1 Å². The summed E-state index contributed by atoms with van der Waals surface area (Å²) < 4.78 is 40.1. The molecule has 0 atom stereocenters. The number of hydrogen-bond acceptors (Lipinski definition) is 6. The Balaban J connectivity index is 1.50. The Hall–Kier alpha value is -3.14. The molecule has 2 N–H and O–H groups in total. The van der Waals surface area contributed by atoms with E-state index in [-0.39, 0.29) is 5.75 Å². The third-order valence-corrected chi connectivity index (χ3v) is 4.88. The van der Waals surface area contributed by atoms with Crippen LogP contribution in [-0.2, 0) is 19.0 Å². The third kappa shape index (κ3) is 3.91. The normalized spacial score (nSPS) is 11.8. The molecular formula is C18H14F3N5OS. The molecule has 144 valence electrons. The molecule has 0 aliphatic rings. The first kappa shape index (κ1) is 18.2. The van der Waals surface area contributed by atoms with Gasteiger partial charge in [0, 0.05) is 12.1 Å². The molecule has 0 saturated heterocycles. The number of benzene rings is 2. The van der Waals surface area contributed by atoms with Crippen molar-refractivity contribution in [1.82, 2.24) is 19.8 Å². The first-order valence-corrected chi connectivity index (χ1v) is 9.13. The monoisotopic (exact) mass is 405 g/mol. The van der Waals surface area contributed by atoms with Gasteiger partial charge >= 0.3 is 6.18 Å². The number of aryl methyl sites for hydroxylation is 2. The molecule has 2 heterocycles. The van der Waals surface area contributed by atoms with Crippen molar-refractivity contribution in [3.8, 4) is 5.75 Å². The molecule has 4 aromatic rings. The minimum absolute atomic E-state index is 0.207. The van der Waals surface area contributed by atoms with E-state index in [0.717, 1.165) is 17.7 Å². The standard InChI is InChI=1S/C18H14F3N5OS/c19-18(20,21)12-2-1-3-13(10-12)22-16-25-26-15(23-24-17(26)28-16)9-6-11-4-7-14(27)8-5-11/h1-5,7-8,10,27H,6,9H2,(H,22,25). The molecule has 0 amide bonds. The van der Waals surface area contributed by atoms with Crippen LogP contribution in [0.15, 0.2) is 48.5 Å². The first-order chi connectivity index (χ1) is 13.4. The van der Waals surface area contributed by atoms with Gasteiger partial charge in [0.15, 0.2) is 5.82 Å². The van der Waals surface area contributed by atoms with Gasteiger partial charge in [-0.05, 0) is 42.3 Å². The van der Waals surface area contributed by atoms with Crippen molar-refractivity contribution in [2.45, 2.75) is 19.0 Å². The molecule has 0 saturated carbocycles. The molecule has 6 nitrogen and oxygen atoms in total. The maximum absolute atomic E-state index is 12.8. The Morgan fingerprint density at radius 2 is 1.82 bits per heavy atom. The number of aromatic nitrogens is 4. The maximum Gasteiger partial charge on any atom is 0.416 e. The van der Waals surface area contributed by atoms with Gasteiger partial charge in [-0.1, -0.05) is 29.5 Å². The van der Waals surface area contributed by atoms with Crippen LogP contribution < -0.4 is 5.32 Å². The molecule has 0 aliphatic heterocycles. The number of nitrogens with one attached hydrogen (secondary N) is 1. The summed E-state index contributed by atoms with van der Waals surface area (Å²) in [5.41, 5.74) is 0.604. The van der Waals surface area contributed by atoms with Gasteiger partial charge in [-0.15, -0.1) is 15.3 Å². The molecule has 0 bridgehead atoms. The van der Waals surface area contributed by atoms with Crippen LogP contribution in [0.1, 0.15) is 17.0 Å². The highest BCUT2D eigenvalue weighted by atomic mass is 32.1. The van der Waals surface area contributed by atoms with Crippen molar-refractivity contribution in [2.24, 2.45) is 0 Å². The summed E-state index contributed by atoms with van der Waals surface area (Å²) in [7, 11) is 0. The predicted octanol–water partition coefficient (Wildman–Crippen LogP) is 4.44. The molecule has 0 fully saturated rings. The fraction of sp³-hybridized carbons (Fsp3) is 0.167. The van der Waals surface area contributed by atoms with Gasteiger partial charge in [0.25, 0.3) is 0 Å². The minimum Gasteiger partial charge on any atom is -0.508 e. The highest BCUT2D eigenvalue weighted by Gasteiger charge is 2.30. The second-order valence-electron chi connectivity index (χ2n) is 6.09. The second-order valence-corrected chi connectivity index (χ2v) is 7.04. The lowest BCUT2D eigenvalue weighted by atomic mass is 10.1. The Morgan fingerprint density at radius 1 is 1.04 bits per heavy atom. The number of rotatable bonds is 5. The maximum atomic E-state index is 12.8. The highest BCUT2D eigenvalue weighted by molar-refractivity contribution is 7.20. The molecule has 0 unspecified atom stereocenters. The largest absolute Gasteiger partial charge is 0.508 e. The summed E-state index contributed by atoms with van der Waals surface area (Å²) >= 11 is 1.20. The lowest BCUT2D eigenvalue weighted by Gasteiger charge is -2.08. The van der Waals surface area contributed by atoms with Crippen LogP contribution in [0.25, 0.3) is 4.96 Å². The zero-order valence-corrected chi connectivity index (χ0v) is 15.1. The van der Waals surface area contributed by atoms with E-state index in [9.17, 15) is 18.3 Å². The zero-order valence-electron chi connectivity index (χ0n) is 14.3. The number of phenols is 1. The minimum atomic E-state index is -4.40. The van der Waals surface area contributed by atoms with Crippen LogP contribution in [0.3, 0.4) is 0 Å². The lowest BCUT2D eigenvalue weighted by molar-refractivity contribution is -0.137. The van der Waals surface area contributed by atoms with Gasteiger partial charge in [0.05, 0.1) is 5.56 Å². The van der Waals surface area contributed by atoms with E-state index in [4.69, 9.17) is 0 Å². The van der Waals surface area contributed by atoms with Crippen molar-refractivity contribution in [3.63, 3.8) is 0 Å². The summed E-state index contributed by atoms with van der Waals surface area (Å²) in [6.45, 7) is 0. The average Bonchev–Trinajstić information content (AvgIpc) is 3.21. The van der Waals surface area contributed by atoms with Crippen LogP contribution in [0.4, 0.5) is 24.0 Å². The number of nitrogens with zero attached hydrogens (tertiary/aromatic N) is 4. The first-order valence-electron chi connectivity index (χ1n) is 8.32. The Morgan fingerprint density at radius 3 is 2.57 bits per heavy atom. The molecule has 0 aliphatic carbocycles. The molecule has 0 radical (unpaired) electrons. The van der Waals surface area contributed by atoms with Crippen molar-refractivity contribution in [3.05, 3.63) is 65.5 Å². The Labute approximate surface area is 161 Å². The predicted molar refractivity (Wildman–Crippen MR) is 98.9 cm³/mol. The van der Waals surface area contributed by atoms with Gasteiger partial charge in [0.2, 0.25) is 10.1 Å². The average molecular weight is 405 g/mol. The molecule has 2 aromatic carbocycles. The number of hydrogen-bond donors (Lipinski definition) is 2. The number of phenolic OH excluding ortho intramolecular Hbond substituents is 1. The number of anilines is 2. The van der Waals surface area contributed by atoms with Gasteiger partial charge in [-0.3, -0.25) is 0 Å². The van der Waals surface area contributed by atoms with Crippen molar-refractivity contribution in [2.75, 3.05) is 5.32 Å². The molecule has 10 heteroatoms. The van der Waals surface area contributed by atoms with E-state index in [1.807, 2.05) is 12.1 Å². The highest BCUT2D eigenvalue weighted by Crippen LogP contribution is 2.32. The smallest absolute Gasteiger partial charge is 0.416 e. The molecular weight excluding hydrogens is 391 g/mol. The molecule has 2 aromatic heterocycles. The van der Waals surface area contributed by atoms with Crippen molar-refractivity contribution < 1.29 is 18.3 Å². The third-order valence-electron chi connectivity index (χ3n) is 4.07. The number of halogens is 3. The topological polar surface area (TPSA) is 75.3 Å². The molecule has 0 spiro atoms. The van der Waals surface area contributed by atoms with E-state index in [1.165, 1.54) is 17.4 Å². The number of fused-ring (bicyclic) bond motifs is 1. The van der Waals surface area contributed by atoms with Crippen LogP contribution >= 0.6 is 11.3 Å². The summed E-state index contributed by atoms with van der Waals surface area (Å²) in [6, 6.07) is 11.8. The van der Waals surface area contributed by atoms with Gasteiger partial charge in [-0.2, -0.15) is 17.7 Å². The molecule has 28 heavy (non-hydrogen) atoms. The zero-order chi connectivity index (χ0) is 19.7. The van der Waals surface area contributed by atoms with Crippen LogP contribution in [-0.4, -0.2) is 24.9 Å². The summed E-state index contributed by atoms with van der Waals surface area (Å²) in [6.07, 6.45) is -3.13. The molecule has 4 rings (SSSR count). The van der Waals surface area contributed by atoms with E-state index in [2.05, 4.69) is 20.6 Å². The number of alkyl halides is 3. The van der Waals surface area contributed by atoms with E-state index in [0.29, 0.717) is 34.4 Å². The van der Waals surface area contributed by atoms with Gasteiger partial charge in [0.1, 0.15) is 5.75 Å². The Kier molecular flexibility index (Phi) is 4.63. The van der Waals surface area contributed by atoms with Crippen LogP contribution in [0.5, 0.6) is 5.75 Å². The van der Waals surface area contributed by atoms with E-state index in [1.54, 1.807) is 22.7 Å². The lowest BCUT2D eigenvalue weighted by Crippen LogP contribution is -2.05. The second kappa shape index (κ2) is 7.12. The van der Waals surface area contributed by atoms with Crippen molar-refractivity contribution in [1.29, 1.82) is 0 Å². The van der Waals surface area contributed by atoms with Gasteiger partial charge in [-0.25, -0.2) is 0 Å².